The molecule has 0 aliphatic heterocycles. The fourth-order valence-electron chi connectivity index (χ4n) is 1.32. The minimum Gasteiger partial charge on any atom is -1.00 e. The van der Waals surface area contributed by atoms with E-state index in [2.05, 4.69) is 0 Å². The van der Waals surface area contributed by atoms with Gasteiger partial charge in [-0.15, -0.1) is 0 Å². The van der Waals surface area contributed by atoms with Crippen LogP contribution in [-0.4, -0.2) is 4.57 Å². The van der Waals surface area contributed by atoms with Crippen LogP contribution >= 0.6 is 0 Å². The average molecular weight is 302 g/mol. The van der Waals surface area contributed by atoms with Crippen LogP contribution in [0.3, 0.4) is 0 Å². The SMILES string of the molecule is [2H]c1cc(-c2cccn2C)cc([2H])[n+]1C.[I-]. The predicted octanol–water partition coefficient (Wildman–Crippen LogP) is -1.48. The van der Waals surface area contributed by atoms with E-state index in [0.29, 0.717) is 12.3 Å². The maximum absolute atomic E-state index is 7.71. The molecule has 2 nitrogen and oxygen atoms in total. The number of rotatable bonds is 1. The average Bonchev–Trinajstić information content (AvgIpc) is 2.60. The highest BCUT2D eigenvalue weighted by Crippen LogP contribution is 2.16. The number of pyridine rings is 1. The van der Waals surface area contributed by atoms with Gasteiger partial charge in [0, 0.05) is 36.6 Å². The van der Waals surface area contributed by atoms with Crippen LogP contribution in [-0.2, 0) is 14.1 Å². The zero-order valence-electron chi connectivity index (χ0n) is 10.2. The quantitative estimate of drug-likeness (QED) is 0.449. The molecule has 0 saturated carbocycles. The molecule has 0 saturated heterocycles. The van der Waals surface area contributed by atoms with Crippen molar-refractivity contribution in [2.24, 2.45) is 14.1 Å². The first-order valence-corrected chi connectivity index (χ1v) is 4.18. The standard InChI is InChI=1S/C11H13N2.HI/c1-12-8-5-10(6-9-12)11-4-3-7-13(11)2;/h3-9H,1-2H3;1H/q+1;/p-1/i8D,9D;. The van der Waals surface area contributed by atoms with E-state index in [9.17, 15) is 0 Å². The smallest absolute Gasteiger partial charge is 0.169 e. The van der Waals surface area contributed by atoms with Crippen LogP contribution in [0.2, 0.25) is 0 Å². The van der Waals surface area contributed by atoms with Gasteiger partial charge in [-0.2, -0.15) is 0 Å². The second-order valence-corrected chi connectivity index (χ2v) is 3.07. The van der Waals surface area contributed by atoms with E-state index in [1.807, 2.05) is 29.9 Å². The molecule has 0 N–H and O–H groups in total. The maximum atomic E-state index is 7.71. The summed E-state index contributed by atoms with van der Waals surface area (Å²) < 4.78 is 18.9. The van der Waals surface area contributed by atoms with Crippen molar-refractivity contribution in [1.29, 1.82) is 0 Å². The monoisotopic (exact) mass is 302 g/mol. The Balaban J connectivity index is 0.00000128. The van der Waals surface area contributed by atoms with E-state index in [-0.39, 0.29) is 24.0 Å². The van der Waals surface area contributed by atoms with E-state index >= 15 is 0 Å². The number of hydrogen-bond acceptors (Lipinski definition) is 0. The molecule has 0 unspecified atom stereocenters. The van der Waals surface area contributed by atoms with Crippen molar-refractivity contribution >= 4 is 0 Å². The van der Waals surface area contributed by atoms with Crippen molar-refractivity contribution in [2.45, 2.75) is 0 Å². The van der Waals surface area contributed by atoms with Gasteiger partial charge in [0.15, 0.2) is 12.3 Å². The van der Waals surface area contributed by atoms with Gasteiger partial charge >= 0.3 is 0 Å². The lowest BCUT2D eigenvalue weighted by molar-refractivity contribution is -0.671. The Bertz CT molecular complexity index is 485. The fraction of sp³-hybridized carbons (Fsp3) is 0.182. The van der Waals surface area contributed by atoms with Crippen LogP contribution in [0.1, 0.15) is 2.74 Å². The van der Waals surface area contributed by atoms with Gasteiger partial charge in [0.05, 0.1) is 0 Å². The number of nitrogens with zero attached hydrogens (tertiary/aromatic N) is 2. The summed E-state index contributed by atoms with van der Waals surface area (Å²) in [4.78, 5) is 0. The molecule has 0 fully saturated rings. The Morgan fingerprint density at radius 1 is 1.29 bits per heavy atom. The molecular weight excluding hydrogens is 287 g/mol. The summed E-state index contributed by atoms with van der Waals surface area (Å²) >= 11 is 0. The molecule has 0 aliphatic carbocycles. The largest absolute Gasteiger partial charge is 1.00 e. The van der Waals surface area contributed by atoms with E-state index < -0.39 is 0 Å². The number of aromatic nitrogens is 2. The Kier molecular flexibility index (Phi) is 2.78. The van der Waals surface area contributed by atoms with E-state index in [4.69, 9.17) is 2.74 Å². The Hall–Kier alpha value is -0.840. The number of aryl methyl sites for hydroxylation is 1. The van der Waals surface area contributed by atoms with Crippen molar-refractivity contribution in [2.75, 3.05) is 0 Å². The first-order valence-electron chi connectivity index (χ1n) is 5.18. The molecule has 0 aromatic carbocycles. The molecule has 0 bridgehead atoms. The number of hydrogen-bond donors (Lipinski definition) is 0. The van der Waals surface area contributed by atoms with Crippen LogP contribution in [0.25, 0.3) is 11.3 Å². The minimum absolute atomic E-state index is 0. The number of halogens is 1. The van der Waals surface area contributed by atoms with Crippen molar-refractivity contribution < 1.29 is 31.3 Å². The summed E-state index contributed by atoms with van der Waals surface area (Å²) in [5.41, 5.74) is 1.94. The van der Waals surface area contributed by atoms with Crippen LogP contribution < -0.4 is 28.5 Å². The molecular formula is C11H13IN2. The molecule has 2 rings (SSSR count). The third kappa shape index (κ3) is 2.15. The molecule has 74 valence electrons. The van der Waals surface area contributed by atoms with Gasteiger partial charge < -0.3 is 28.5 Å². The third-order valence-electron chi connectivity index (χ3n) is 2.07. The van der Waals surface area contributed by atoms with Gasteiger partial charge in [-0.25, -0.2) is 4.57 Å². The van der Waals surface area contributed by atoms with Crippen LogP contribution in [0.15, 0.2) is 42.8 Å². The molecule has 0 spiro atoms. The predicted molar refractivity (Wildman–Crippen MR) is 52.0 cm³/mol. The molecule has 2 aromatic rings. The zero-order chi connectivity index (χ0) is 11.0. The molecule has 0 amide bonds. The van der Waals surface area contributed by atoms with Crippen LogP contribution in [0.4, 0.5) is 0 Å². The highest BCUT2D eigenvalue weighted by atomic mass is 127. The Morgan fingerprint density at radius 3 is 2.43 bits per heavy atom. The fourth-order valence-corrected chi connectivity index (χ4v) is 1.32. The molecule has 0 aliphatic rings. The first kappa shape index (κ1) is 8.47. The van der Waals surface area contributed by atoms with E-state index in [1.165, 1.54) is 4.57 Å². The Morgan fingerprint density at radius 2 is 1.93 bits per heavy atom. The van der Waals surface area contributed by atoms with Gasteiger partial charge in [-0.05, 0) is 12.1 Å². The lowest BCUT2D eigenvalue weighted by atomic mass is 10.2. The van der Waals surface area contributed by atoms with Gasteiger partial charge in [0.1, 0.15) is 9.79 Å². The molecule has 0 atom stereocenters. The summed E-state index contributed by atoms with van der Waals surface area (Å²) in [6, 6.07) is 7.48. The molecule has 3 heteroatoms. The summed E-state index contributed by atoms with van der Waals surface area (Å²) in [5.74, 6) is 0. The van der Waals surface area contributed by atoms with Crippen molar-refractivity contribution in [1.82, 2.24) is 4.57 Å². The molecule has 14 heavy (non-hydrogen) atoms. The summed E-state index contributed by atoms with van der Waals surface area (Å²) in [5, 5.41) is 0. The second-order valence-electron chi connectivity index (χ2n) is 3.07. The summed E-state index contributed by atoms with van der Waals surface area (Å²) in [6.45, 7) is 0. The van der Waals surface area contributed by atoms with E-state index in [1.54, 1.807) is 19.2 Å². The van der Waals surface area contributed by atoms with Crippen molar-refractivity contribution in [3.63, 3.8) is 0 Å². The summed E-state index contributed by atoms with van der Waals surface area (Å²) in [6.07, 6.45) is 2.65. The lowest BCUT2D eigenvalue weighted by Gasteiger charge is -2.01. The van der Waals surface area contributed by atoms with Crippen LogP contribution in [0.5, 0.6) is 0 Å². The molecule has 0 radical (unpaired) electrons. The van der Waals surface area contributed by atoms with Gasteiger partial charge in [0.2, 0.25) is 0 Å². The van der Waals surface area contributed by atoms with Gasteiger partial charge in [0.25, 0.3) is 0 Å². The molecule has 2 heterocycles. The first-order chi connectivity index (χ1) is 7.09. The third-order valence-corrected chi connectivity index (χ3v) is 2.07. The van der Waals surface area contributed by atoms with Gasteiger partial charge in [-0.1, -0.05) is 0 Å². The zero-order valence-corrected chi connectivity index (χ0v) is 10.3. The topological polar surface area (TPSA) is 8.81 Å². The lowest BCUT2D eigenvalue weighted by Crippen LogP contribution is -3.00. The molecule has 2 aromatic heterocycles. The Labute approximate surface area is 104 Å². The maximum Gasteiger partial charge on any atom is 0.169 e. The van der Waals surface area contributed by atoms with Gasteiger partial charge in [-0.3, -0.25) is 0 Å². The van der Waals surface area contributed by atoms with Crippen molar-refractivity contribution in [3.8, 4) is 11.3 Å². The minimum atomic E-state index is 0. The normalized spacial score (nSPS) is 11.6. The highest BCUT2D eigenvalue weighted by molar-refractivity contribution is 5.58. The van der Waals surface area contributed by atoms with Crippen molar-refractivity contribution in [3.05, 3.63) is 42.8 Å². The van der Waals surface area contributed by atoms with E-state index in [0.717, 1.165) is 11.3 Å². The van der Waals surface area contributed by atoms with Crippen LogP contribution in [0, 0.1) is 0 Å². The summed E-state index contributed by atoms with van der Waals surface area (Å²) in [7, 11) is 3.68. The second kappa shape index (κ2) is 4.59. The highest BCUT2D eigenvalue weighted by Gasteiger charge is 2.01.